The number of hydrogen-bond acceptors (Lipinski definition) is 2. The van der Waals surface area contributed by atoms with Crippen molar-refractivity contribution >= 4 is 11.7 Å². The van der Waals surface area contributed by atoms with Crippen LogP contribution in [0.3, 0.4) is 0 Å². The zero-order valence-electron chi connectivity index (χ0n) is 9.06. The molecule has 6 nitrogen and oxygen atoms in total. The summed E-state index contributed by atoms with van der Waals surface area (Å²) in [4.78, 5) is 13.9. The molecule has 0 aliphatic heterocycles. The number of azide groups is 1. The Kier molecular flexibility index (Phi) is 5.33. The second kappa shape index (κ2) is 7.08. The number of carbonyl (C=O) groups excluding carboxylic acids is 1. The number of anilines is 1. The summed E-state index contributed by atoms with van der Waals surface area (Å²) in [6.45, 7) is 0.749. The summed E-state index contributed by atoms with van der Waals surface area (Å²) >= 11 is 0. The van der Waals surface area contributed by atoms with E-state index in [1.807, 2.05) is 0 Å². The van der Waals surface area contributed by atoms with Crippen LogP contribution in [0.2, 0.25) is 0 Å². The van der Waals surface area contributed by atoms with Gasteiger partial charge < -0.3 is 10.6 Å². The lowest BCUT2D eigenvalue weighted by atomic mass is 10.3. The van der Waals surface area contributed by atoms with Gasteiger partial charge in [-0.2, -0.15) is 0 Å². The predicted molar refractivity (Wildman–Crippen MR) is 62.1 cm³/mol. The normalized spacial score (nSPS) is 9.24. The number of carbonyl (C=O) groups is 1. The molecule has 0 aliphatic carbocycles. The fourth-order valence-electron chi connectivity index (χ4n) is 1.10. The zero-order valence-corrected chi connectivity index (χ0v) is 9.06. The highest BCUT2D eigenvalue weighted by molar-refractivity contribution is 5.89. The zero-order chi connectivity index (χ0) is 12.5. The van der Waals surface area contributed by atoms with Crippen LogP contribution in [0, 0.1) is 5.82 Å². The van der Waals surface area contributed by atoms with Crippen LogP contribution in [0.5, 0.6) is 0 Å². The molecule has 0 aromatic heterocycles. The maximum atomic E-state index is 12.6. The molecular weight excluding hydrogens is 225 g/mol. The lowest BCUT2D eigenvalue weighted by Crippen LogP contribution is -2.29. The molecule has 0 atom stereocenters. The van der Waals surface area contributed by atoms with E-state index in [9.17, 15) is 9.18 Å². The van der Waals surface area contributed by atoms with E-state index in [0.717, 1.165) is 0 Å². The molecule has 1 rings (SSSR count). The number of halogens is 1. The Morgan fingerprint density at radius 1 is 1.41 bits per heavy atom. The smallest absolute Gasteiger partial charge is 0.319 e. The maximum Gasteiger partial charge on any atom is 0.319 e. The van der Waals surface area contributed by atoms with Gasteiger partial charge in [0.15, 0.2) is 0 Å². The Morgan fingerprint density at radius 2 is 2.12 bits per heavy atom. The number of amides is 2. The van der Waals surface area contributed by atoms with E-state index >= 15 is 0 Å². The molecule has 1 aromatic rings. The SMILES string of the molecule is [N-]=[N+]=NCCCNC(=O)Nc1ccc(F)cc1. The summed E-state index contributed by atoms with van der Waals surface area (Å²) in [7, 11) is 0. The molecule has 0 saturated carbocycles. The first kappa shape index (κ1) is 12.8. The molecule has 7 heteroatoms. The van der Waals surface area contributed by atoms with E-state index in [4.69, 9.17) is 5.53 Å². The fraction of sp³-hybridized carbons (Fsp3) is 0.300. The number of benzene rings is 1. The molecule has 0 heterocycles. The minimum atomic E-state index is -0.377. The molecule has 90 valence electrons. The molecule has 2 N–H and O–H groups in total. The van der Waals surface area contributed by atoms with Crippen LogP contribution in [0.4, 0.5) is 14.9 Å². The third-order valence-corrected chi connectivity index (χ3v) is 1.89. The third-order valence-electron chi connectivity index (χ3n) is 1.89. The van der Waals surface area contributed by atoms with Crippen LogP contribution in [0.1, 0.15) is 6.42 Å². The first-order valence-electron chi connectivity index (χ1n) is 5.03. The van der Waals surface area contributed by atoms with E-state index in [0.29, 0.717) is 25.2 Å². The van der Waals surface area contributed by atoms with Gasteiger partial charge >= 0.3 is 6.03 Å². The second-order valence-corrected chi connectivity index (χ2v) is 3.20. The summed E-state index contributed by atoms with van der Waals surface area (Å²) in [5.41, 5.74) is 8.53. The summed E-state index contributed by atoms with van der Waals surface area (Å²) in [6.07, 6.45) is 0.570. The molecule has 0 unspecified atom stereocenters. The van der Waals surface area contributed by atoms with Gasteiger partial charge in [0.25, 0.3) is 0 Å². The Labute approximate surface area is 97.5 Å². The van der Waals surface area contributed by atoms with Gasteiger partial charge in [-0.15, -0.1) is 0 Å². The first-order chi connectivity index (χ1) is 8.22. The molecule has 0 bridgehead atoms. The summed E-state index contributed by atoms with van der Waals surface area (Å²) < 4.78 is 12.6. The average molecular weight is 237 g/mol. The molecule has 1 aromatic carbocycles. The number of rotatable bonds is 5. The Morgan fingerprint density at radius 3 is 2.76 bits per heavy atom. The summed E-state index contributed by atoms with van der Waals surface area (Å²) in [5.74, 6) is -0.356. The third kappa shape index (κ3) is 5.39. The van der Waals surface area contributed by atoms with Crippen LogP contribution < -0.4 is 10.6 Å². The van der Waals surface area contributed by atoms with Crippen LogP contribution in [0.25, 0.3) is 10.4 Å². The lowest BCUT2D eigenvalue weighted by Gasteiger charge is -2.06. The number of urea groups is 1. The van der Waals surface area contributed by atoms with Gasteiger partial charge in [0.05, 0.1) is 0 Å². The van der Waals surface area contributed by atoms with Crippen molar-refractivity contribution in [3.63, 3.8) is 0 Å². The van der Waals surface area contributed by atoms with E-state index in [2.05, 4.69) is 20.7 Å². The molecular formula is C10H12FN5O. The average Bonchev–Trinajstić information content (AvgIpc) is 2.32. The van der Waals surface area contributed by atoms with Gasteiger partial charge in [-0.1, -0.05) is 5.11 Å². The standard InChI is InChI=1S/C10H12FN5O/c11-8-2-4-9(5-3-8)15-10(17)13-6-1-7-14-16-12/h2-5H,1,6-7H2,(H2,13,15,17). The van der Waals surface area contributed by atoms with Gasteiger partial charge in [-0.3, -0.25) is 0 Å². The number of nitrogens with one attached hydrogen (secondary N) is 2. The molecule has 0 spiro atoms. The monoisotopic (exact) mass is 237 g/mol. The molecule has 0 aliphatic rings. The van der Waals surface area contributed by atoms with E-state index in [1.54, 1.807) is 0 Å². The Hall–Kier alpha value is -2.27. The van der Waals surface area contributed by atoms with Crippen molar-refractivity contribution in [2.24, 2.45) is 5.11 Å². The Bertz CT molecular complexity index is 413. The summed E-state index contributed by atoms with van der Waals surface area (Å²) in [5, 5.41) is 8.45. The van der Waals surface area contributed by atoms with Crippen molar-refractivity contribution in [3.05, 3.63) is 40.5 Å². The van der Waals surface area contributed by atoms with Crippen molar-refractivity contribution in [3.8, 4) is 0 Å². The highest BCUT2D eigenvalue weighted by Crippen LogP contribution is 2.07. The minimum Gasteiger partial charge on any atom is -0.338 e. The Balaban J connectivity index is 2.25. The van der Waals surface area contributed by atoms with Gasteiger partial charge in [-0.25, -0.2) is 9.18 Å². The number of nitrogens with zero attached hydrogens (tertiary/aromatic N) is 3. The topological polar surface area (TPSA) is 89.9 Å². The first-order valence-corrected chi connectivity index (χ1v) is 5.03. The maximum absolute atomic E-state index is 12.6. The summed E-state index contributed by atoms with van der Waals surface area (Å²) in [6, 6.07) is 5.08. The van der Waals surface area contributed by atoms with Crippen molar-refractivity contribution in [1.82, 2.24) is 5.32 Å². The largest absolute Gasteiger partial charge is 0.338 e. The van der Waals surface area contributed by atoms with Crippen molar-refractivity contribution < 1.29 is 9.18 Å². The van der Waals surface area contributed by atoms with Crippen LogP contribution in [-0.4, -0.2) is 19.1 Å². The predicted octanol–water partition coefficient (Wildman–Crippen LogP) is 2.65. The highest BCUT2D eigenvalue weighted by Gasteiger charge is 2.00. The van der Waals surface area contributed by atoms with E-state index in [-0.39, 0.29) is 11.8 Å². The molecule has 0 fully saturated rings. The van der Waals surface area contributed by atoms with Gasteiger partial charge in [0, 0.05) is 23.7 Å². The quantitative estimate of drug-likeness (QED) is 0.350. The van der Waals surface area contributed by atoms with Gasteiger partial charge in [0.2, 0.25) is 0 Å². The van der Waals surface area contributed by atoms with Crippen molar-refractivity contribution in [2.45, 2.75) is 6.42 Å². The molecule has 2 amide bonds. The number of hydrogen-bond donors (Lipinski definition) is 2. The second-order valence-electron chi connectivity index (χ2n) is 3.20. The van der Waals surface area contributed by atoms with Crippen molar-refractivity contribution in [2.75, 3.05) is 18.4 Å². The highest BCUT2D eigenvalue weighted by atomic mass is 19.1. The van der Waals surface area contributed by atoms with Gasteiger partial charge in [0.1, 0.15) is 5.82 Å². The van der Waals surface area contributed by atoms with Crippen molar-refractivity contribution in [1.29, 1.82) is 0 Å². The lowest BCUT2D eigenvalue weighted by molar-refractivity contribution is 0.252. The molecule has 0 radical (unpaired) electrons. The van der Waals surface area contributed by atoms with E-state index in [1.165, 1.54) is 24.3 Å². The molecule has 0 saturated heterocycles. The molecule has 17 heavy (non-hydrogen) atoms. The fourth-order valence-corrected chi connectivity index (χ4v) is 1.10. The van der Waals surface area contributed by atoms with Crippen LogP contribution >= 0.6 is 0 Å². The van der Waals surface area contributed by atoms with Gasteiger partial charge in [-0.05, 0) is 36.2 Å². The van der Waals surface area contributed by atoms with Crippen LogP contribution in [-0.2, 0) is 0 Å². The van der Waals surface area contributed by atoms with E-state index < -0.39 is 0 Å². The van der Waals surface area contributed by atoms with Crippen LogP contribution in [0.15, 0.2) is 29.4 Å². The minimum absolute atomic E-state index is 0.341.